The van der Waals surface area contributed by atoms with Gasteiger partial charge in [-0.25, -0.2) is 0 Å². The highest BCUT2D eigenvalue weighted by Crippen LogP contribution is 2.39. The first kappa shape index (κ1) is 16.4. The van der Waals surface area contributed by atoms with E-state index in [0.717, 1.165) is 25.0 Å². The van der Waals surface area contributed by atoms with Crippen molar-refractivity contribution in [3.8, 4) is 0 Å². The molecule has 23 heavy (non-hydrogen) atoms. The van der Waals surface area contributed by atoms with Gasteiger partial charge >= 0.3 is 0 Å². The molecule has 1 saturated carbocycles. The molecular formula is C18H27N3O2. The van der Waals surface area contributed by atoms with Gasteiger partial charge in [0.2, 0.25) is 5.91 Å². The molecule has 2 aliphatic rings. The van der Waals surface area contributed by atoms with E-state index >= 15 is 0 Å². The van der Waals surface area contributed by atoms with Gasteiger partial charge in [0.1, 0.15) is 0 Å². The van der Waals surface area contributed by atoms with Gasteiger partial charge in [-0.1, -0.05) is 25.3 Å². The van der Waals surface area contributed by atoms with Crippen LogP contribution in [0.1, 0.15) is 44.2 Å². The van der Waals surface area contributed by atoms with E-state index in [9.17, 15) is 4.79 Å². The number of likely N-dealkylation sites (N-methyl/N-ethyl adjacent to an activating group) is 1. The molecule has 5 heteroatoms. The van der Waals surface area contributed by atoms with E-state index in [2.05, 4.69) is 10.3 Å². The van der Waals surface area contributed by atoms with Crippen LogP contribution < -0.4 is 5.32 Å². The monoisotopic (exact) mass is 317 g/mol. The van der Waals surface area contributed by atoms with Crippen molar-refractivity contribution in [2.24, 2.45) is 0 Å². The lowest BCUT2D eigenvalue weighted by Gasteiger charge is -2.32. The number of rotatable bonds is 5. The van der Waals surface area contributed by atoms with Crippen molar-refractivity contribution in [1.29, 1.82) is 0 Å². The molecule has 1 aliphatic carbocycles. The summed E-state index contributed by atoms with van der Waals surface area (Å²) in [7, 11) is 1.95. The van der Waals surface area contributed by atoms with Crippen LogP contribution >= 0.6 is 0 Å². The number of nitrogens with zero attached hydrogens (tertiary/aromatic N) is 2. The highest BCUT2D eigenvalue weighted by atomic mass is 16.5. The molecule has 1 unspecified atom stereocenters. The van der Waals surface area contributed by atoms with Crippen LogP contribution in [0.25, 0.3) is 0 Å². The van der Waals surface area contributed by atoms with Gasteiger partial charge in [0.25, 0.3) is 0 Å². The van der Waals surface area contributed by atoms with Gasteiger partial charge < -0.3 is 10.1 Å². The van der Waals surface area contributed by atoms with Crippen LogP contribution in [-0.4, -0.2) is 47.6 Å². The van der Waals surface area contributed by atoms with E-state index in [4.69, 9.17) is 4.74 Å². The Morgan fingerprint density at radius 3 is 2.96 bits per heavy atom. The molecule has 2 fully saturated rings. The number of carbonyl (C=O) groups is 1. The Bertz CT molecular complexity index is 514. The van der Waals surface area contributed by atoms with E-state index in [0.29, 0.717) is 19.7 Å². The summed E-state index contributed by atoms with van der Waals surface area (Å²) in [4.78, 5) is 18.5. The lowest BCUT2D eigenvalue weighted by Crippen LogP contribution is -2.42. The number of amides is 1. The highest BCUT2D eigenvalue weighted by Gasteiger charge is 2.41. The van der Waals surface area contributed by atoms with Crippen molar-refractivity contribution >= 4 is 5.91 Å². The van der Waals surface area contributed by atoms with Crippen molar-refractivity contribution in [3.05, 3.63) is 30.1 Å². The molecule has 1 saturated heterocycles. The third-order valence-corrected chi connectivity index (χ3v) is 4.91. The first-order valence-corrected chi connectivity index (χ1v) is 8.67. The average Bonchev–Trinajstić information content (AvgIpc) is 2.90. The fourth-order valence-corrected chi connectivity index (χ4v) is 3.82. The SMILES string of the molecule is CN(CC(=O)NC1COC2(CCCCC2)C1)Cc1ccccn1. The zero-order valence-corrected chi connectivity index (χ0v) is 14.0. The first-order chi connectivity index (χ1) is 11.2. The van der Waals surface area contributed by atoms with Crippen molar-refractivity contribution < 1.29 is 9.53 Å². The fourth-order valence-electron chi connectivity index (χ4n) is 3.82. The van der Waals surface area contributed by atoms with Crippen LogP contribution in [0.2, 0.25) is 0 Å². The Labute approximate surface area is 138 Å². The minimum atomic E-state index is 0.0516. The van der Waals surface area contributed by atoms with Gasteiger partial charge in [-0.3, -0.25) is 14.7 Å². The van der Waals surface area contributed by atoms with Crippen LogP contribution in [0, 0.1) is 0 Å². The zero-order chi connectivity index (χ0) is 16.1. The van der Waals surface area contributed by atoms with Crippen LogP contribution in [0.4, 0.5) is 0 Å². The summed E-state index contributed by atoms with van der Waals surface area (Å²) in [6.07, 6.45) is 8.89. The molecule has 1 atom stereocenters. The topological polar surface area (TPSA) is 54.5 Å². The highest BCUT2D eigenvalue weighted by molar-refractivity contribution is 5.78. The minimum absolute atomic E-state index is 0.0516. The van der Waals surface area contributed by atoms with E-state index in [-0.39, 0.29) is 17.6 Å². The maximum Gasteiger partial charge on any atom is 0.234 e. The quantitative estimate of drug-likeness (QED) is 0.904. The number of carbonyl (C=O) groups excluding carboxylic acids is 1. The standard InChI is InChI=1S/C18H27N3O2/c1-21(12-15-7-3-6-10-19-15)13-17(22)20-16-11-18(23-14-16)8-4-2-5-9-18/h3,6-7,10,16H,2,4-5,8-9,11-14H2,1H3,(H,20,22). The lowest BCUT2D eigenvalue weighted by molar-refractivity contribution is -0.122. The van der Waals surface area contributed by atoms with Gasteiger partial charge in [0.05, 0.1) is 30.5 Å². The maximum atomic E-state index is 12.2. The minimum Gasteiger partial charge on any atom is -0.373 e. The summed E-state index contributed by atoms with van der Waals surface area (Å²) in [5, 5.41) is 3.14. The van der Waals surface area contributed by atoms with Crippen LogP contribution in [-0.2, 0) is 16.1 Å². The smallest absolute Gasteiger partial charge is 0.234 e. The van der Waals surface area contributed by atoms with Gasteiger partial charge in [-0.05, 0) is 38.4 Å². The van der Waals surface area contributed by atoms with E-state index in [1.165, 1.54) is 19.3 Å². The predicted molar refractivity (Wildman–Crippen MR) is 88.9 cm³/mol. The molecule has 5 nitrogen and oxygen atoms in total. The number of hydrogen-bond acceptors (Lipinski definition) is 4. The second-order valence-electron chi connectivity index (χ2n) is 7.02. The molecular weight excluding hydrogens is 290 g/mol. The fraction of sp³-hybridized carbons (Fsp3) is 0.667. The van der Waals surface area contributed by atoms with Crippen molar-refractivity contribution in [2.75, 3.05) is 20.2 Å². The Hall–Kier alpha value is -1.46. The van der Waals surface area contributed by atoms with Crippen LogP contribution in [0.5, 0.6) is 0 Å². The Morgan fingerprint density at radius 2 is 2.22 bits per heavy atom. The molecule has 0 radical (unpaired) electrons. The lowest BCUT2D eigenvalue weighted by atomic mass is 9.82. The second kappa shape index (κ2) is 7.41. The number of nitrogens with one attached hydrogen (secondary N) is 1. The van der Waals surface area contributed by atoms with E-state index in [1.807, 2.05) is 30.1 Å². The third-order valence-electron chi connectivity index (χ3n) is 4.91. The van der Waals surface area contributed by atoms with Crippen molar-refractivity contribution in [1.82, 2.24) is 15.2 Å². The molecule has 0 aromatic carbocycles. The molecule has 2 heterocycles. The van der Waals surface area contributed by atoms with Crippen molar-refractivity contribution in [2.45, 2.75) is 56.7 Å². The molecule has 1 aromatic heterocycles. The van der Waals surface area contributed by atoms with Gasteiger partial charge in [-0.2, -0.15) is 0 Å². The number of ether oxygens (including phenoxy) is 1. The zero-order valence-electron chi connectivity index (χ0n) is 14.0. The van der Waals surface area contributed by atoms with Gasteiger partial charge in [0, 0.05) is 12.7 Å². The summed E-state index contributed by atoms with van der Waals surface area (Å²) in [5.74, 6) is 0.0740. The summed E-state index contributed by atoms with van der Waals surface area (Å²) in [6, 6.07) is 6.02. The number of aromatic nitrogens is 1. The third kappa shape index (κ3) is 4.52. The molecule has 126 valence electrons. The molecule has 3 rings (SSSR count). The molecule has 0 bridgehead atoms. The van der Waals surface area contributed by atoms with Gasteiger partial charge in [0.15, 0.2) is 0 Å². The number of pyridine rings is 1. The number of hydrogen-bond donors (Lipinski definition) is 1. The van der Waals surface area contributed by atoms with E-state index < -0.39 is 0 Å². The largest absolute Gasteiger partial charge is 0.373 e. The summed E-state index contributed by atoms with van der Waals surface area (Å²) in [6.45, 7) is 1.73. The van der Waals surface area contributed by atoms with Crippen LogP contribution in [0.3, 0.4) is 0 Å². The Morgan fingerprint density at radius 1 is 1.39 bits per heavy atom. The Kier molecular flexibility index (Phi) is 5.28. The molecule has 1 amide bonds. The van der Waals surface area contributed by atoms with Crippen molar-refractivity contribution in [3.63, 3.8) is 0 Å². The maximum absolute atomic E-state index is 12.2. The van der Waals surface area contributed by atoms with Crippen LogP contribution in [0.15, 0.2) is 24.4 Å². The summed E-state index contributed by atoms with van der Waals surface area (Å²) < 4.78 is 6.06. The predicted octanol–water partition coefficient (Wildman–Crippen LogP) is 2.12. The molecule has 1 aromatic rings. The molecule has 1 spiro atoms. The summed E-state index contributed by atoms with van der Waals surface area (Å²) in [5.41, 5.74) is 1.03. The summed E-state index contributed by atoms with van der Waals surface area (Å²) >= 11 is 0. The average molecular weight is 317 g/mol. The van der Waals surface area contributed by atoms with E-state index in [1.54, 1.807) is 6.20 Å². The second-order valence-corrected chi connectivity index (χ2v) is 7.02. The molecule has 1 aliphatic heterocycles. The first-order valence-electron chi connectivity index (χ1n) is 8.67. The normalized spacial score (nSPS) is 23.3. The van der Waals surface area contributed by atoms with Gasteiger partial charge in [-0.15, -0.1) is 0 Å². The Balaban J connectivity index is 1.43. The molecule has 1 N–H and O–H groups in total.